The number of aromatic nitrogens is 2. The molecule has 0 N–H and O–H groups in total. The molecule has 0 aliphatic heterocycles. The first-order chi connectivity index (χ1) is 13.6. The van der Waals surface area contributed by atoms with Crippen LogP contribution >= 0.6 is 11.8 Å². The Labute approximate surface area is 167 Å². The predicted octanol–water partition coefficient (Wildman–Crippen LogP) is 4.13. The van der Waals surface area contributed by atoms with Gasteiger partial charge in [0.05, 0.1) is 26.6 Å². The van der Waals surface area contributed by atoms with Crippen LogP contribution in [0.4, 0.5) is 0 Å². The number of carbonyl (C=O) groups excluding carboxylic acids is 1. The summed E-state index contributed by atoms with van der Waals surface area (Å²) >= 11 is 1.19. The van der Waals surface area contributed by atoms with Crippen molar-refractivity contribution in [3.63, 3.8) is 0 Å². The number of nitrogens with zero attached hydrogens (tertiary/aromatic N) is 2. The zero-order valence-corrected chi connectivity index (χ0v) is 16.6. The predicted molar refractivity (Wildman–Crippen MR) is 106 cm³/mol. The lowest BCUT2D eigenvalue weighted by Gasteiger charge is -2.05. The van der Waals surface area contributed by atoms with Gasteiger partial charge in [-0.25, -0.2) is 0 Å². The van der Waals surface area contributed by atoms with E-state index in [1.165, 1.54) is 11.8 Å². The third-order valence-electron chi connectivity index (χ3n) is 3.82. The van der Waals surface area contributed by atoms with Crippen molar-refractivity contribution in [2.24, 2.45) is 0 Å². The summed E-state index contributed by atoms with van der Waals surface area (Å²) in [5.41, 5.74) is 1.28. The quantitative estimate of drug-likeness (QED) is 0.392. The van der Waals surface area contributed by atoms with Crippen LogP contribution in [0.5, 0.6) is 17.2 Å². The van der Waals surface area contributed by atoms with Gasteiger partial charge in [-0.2, -0.15) is 0 Å². The summed E-state index contributed by atoms with van der Waals surface area (Å²) in [6.45, 7) is 2.50. The lowest BCUT2D eigenvalue weighted by molar-refractivity contribution is 0.102. The number of methoxy groups -OCH3 is 2. The second-order valence-electron chi connectivity index (χ2n) is 5.64. The maximum atomic E-state index is 12.3. The molecule has 0 spiro atoms. The molecule has 28 heavy (non-hydrogen) atoms. The Bertz CT molecular complexity index is 918. The largest absolute Gasteiger partial charge is 0.497 e. The number of rotatable bonds is 9. The highest BCUT2D eigenvalue weighted by molar-refractivity contribution is 7.99. The monoisotopic (exact) mass is 400 g/mol. The maximum Gasteiger partial charge on any atom is 0.277 e. The molecule has 146 valence electrons. The first kappa shape index (κ1) is 19.8. The minimum Gasteiger partial charge on any atom is -0.497 e. The molecule has 3 rings (SSSR count). The summed E-state index contributed by atoms with van der Waals surface area (Å²) in [6.07, 6.45) is 0. The van der Waals surface area contributed by atoms with E-state index in [0.717, 1.165) is 5.75 Å². The molecule has 0 aliphatic carbocycles. The van der Waals surface area contributed by atoms with Crippen molar-refractivity contribution in [3.8, 4) is 28.7 Å². The van der Waals surface area contributed by atoms with Gasteiger partial charge in [0.15, 0.2) is 5.78 Å². The molecule has 0 saturated carbocycles. The van der Waals surface area contributed by atoms with Crippen molar-refractivity contribution in [2.45, 2.75) is 12.1 Å². The summed E-state index contributed by atoms with van der Waals surface area (Å²) in [6, 6.07) is 12.4. The molecule has 0 saturated heterocycles. The van der Waals surface area contributed by atoms with Gasteiger partial charge in [-0.3, -0.25) is 4.79 Å². The first-order valence-corrected chi connectivity index (χ1v) is 9.57. The molecular formula is C20H20N2O5S. The van der Waals surface area contributed by atoms with Gasteiger partial charge in [0.2, 0.25) is 5.89 Å². The van der Waals surface area contributed by atoms with Gasteiger partial charge in [0.25, 0.3) is 5.22 Å². The Kier molecular flexibility index (Phi) is 6.54. The number of ether oxygens (including phenoxy) is 3. The van der Waals surface area contributed by atoms with Gasteiger partial charge < -0.3 is 18.6 Å². The minimum absolute atomic E-state index is 0.0316. The Balaban J connectivity index is 1.65. The van der Waals surface area contributed by atoms with Crippen LogP contribution in [0.2, 0.25) is 0 Å². The zero-order valence-electron chi connectivity index (χ0n) is 15.8. The van der Waals surface area contributed by atoms with Crippen LogP contribution in [0.15, 0.2) is 52.1 Å². The fraction of sp³-hybridized carbons (Fsp3) is 0.250. The van der Waals surface area contributed by atoms with Crippen molar-refractivity contribution in [1.82, 2.24) is 10.2 Å². The second-order valence-corrected chi connectivity index (χ2v) is 6.57. The summed E-state index contributed by atoms with van der Waals surface area (Å²) in [7, 11) is 3.14. The van der Waals surface area contributed by atoms with Crippen molar-refractivity contribution in [2.75, 3.05) is 26.6 Å². The lowest BCUT2D eigenvalue weighted by atomic mass is 10.1. The zero-order chi connectivity index (χ0) is 19.9. The molecule has 0 unspecified atom stereocenters. The van der Waals surface area contributed by atoms with Gasteiger partial charge in [-0.15, -0.1) is 10.2 Å². The molecule has 0 aliphatic rings. The molecule has 0 atom stereocenters. The van der Waals surface area contributed by atoms with E-state index < -0.39 is 0 Å². The van der Waals surface area contributed by atoms with Crippen molar-refractivity contribution < 1.29 is 23.4 Å². The van der Waals surface area contributed by atoms with Crippen LogP contribution in [-0.2, 0) is 0 Å². The van der Waals surface area contributed by atoms with Gasteiger partial charge in [0, 0.05) is 17.2 Å². The molecule has 1 heterocycles. The van der Waals surface area contributed by atoms with Crippen LogP contribution in [0.25, 0.3) is 11.5 Å². The van der Waals surface area contributed by atoms with Crippen LogP contribution in [-0.4, -0.2) is 42.6 Å². The Morgan fingerprint density at radius 1 is 1.00 bits per heavy atom. The average molecular weight is 400 g/mol. The summed E-state index contributed by atoms with van der Waals surface area (Å²) in [5.74, 6) is 2.46. The number of thioether (sulfide) groups is 1. The molecule has 0 fully saturated rings. The SMILES string of the molecule is CCOc1ccc(C(=O)CSc2nnc(-c3cc(OC)cc(OC)c3)o2)cc1. The normalized spacial score (nSPS) is 10.5. The fourth-order valence-electron chi connectivity index (χ4n) is 2.43. The van der Waals surface area contributed by atoms with Crippen molar-refractivity contribution in [1.29, 1.82) is 0 Å². The molecule has 0 radical (unpaired) electrons. The standard InChI is InChI=1S/C20H20N2O5S/c1-4-26-15-7-5-13(6-8-15)18(23)12-28-20-22-21-19(27-20)14-9-16(24-2)11-17(10-14)25-3/h5-11H,4,12H2,1-3H3. The number of Topliss-reactive ketones (excluding diaryl/α,β-unsaturated/α-hetero) is 1. The third-order valence-corrected chi connectivity index (χ3v) is 4.64. The maximum absolute atomic E-state index is 12.3. The van der Waals surface area contributed by atoms with Crippen LogP contribution in [0, 0.1) is 0 Å². The van der Waals surface area contributed by atoms with E-state index in [1.807, 2.05) is 6.92 Å². The summed E-state index contributed by atoms with van der Waals surface area (Å²) < 4.78 is 21.5. The first-order valence-electron chi connectivity index (χ1n) is 8.58. The Morgan fingerprint density at radius 3 is 2.29 bits per heavy atom. The molecule has 2 aromatic carbocycles. The van der Waals surface area contributed by atoms with Gasteiger partial charge >= 0.3 is 0 Å². The molecule has 0 bridgehead atoms. The Morgan fingerprint density at radius 2 is 1.68 bits per heavy atom. The topological polar surface area (TPSA) is 83.7 Å². The highest BCUT2D eigenvalue weighted by Gasteiger charge is 2.14. The van der Waals surface area contributed by atoms with Crippen LogP contribution < -0.4 is 14.2 Å². The van der Waals surface area contributed by atoms with E-state index >= 15 is 0 Å². The number of benzene rings is 2. The molecule has 1 aromatic heterocycles. The van der Waals surface area contributed by atoms with Gasteiger partial charge in [-0.1, -0.05) is 11.8 Å². The lowest BCUT2D eigenvalue weighted by Crippen LogP contribution is -2.02. The number of hydrogen-bond donors (Lipinski definition) is 0. The minimum atomic E-state index is -0.0316. The van der Waals surface area contributed by atoms with Crippen molar-refractivity contribution in [3.05, 3.63) is 48.0 Å². The van der Waals surface area contributed by atoms with Crippen molar-refractivity contribution >= 4 is 17.5 Å². The highest BCUT2D eigenvalue weighted by atomic mass is 32.2. The van der Waals surface area contributed by atoms with Gasteiger partial charge in [0.1, 0.15) is 17.2 Å². The molecule has 7 nitrogen and oxygen atoms in total. The summed E-state index contributed by atoms with van der Waals surface area (Å²) in [5, 5.41) is 8.36. The number of ketones is 1. The van der Waals surface area contributed by atoms with Crippen LogP contribution in [0.3, 0.4) is 0 Å². The molecule has 3 aromatic rings. The van der Waals surface area contributed by atoms with E-state index in [4.69, 9.17) is 18.6 Å². The molecule has 8 heteroatoms. The third kappa shape index (κ3) is 4.83. The van der Waals surface area contributed by atoms with E-state index in [9.17, 15) is 4.79 Å². The highest BCUT2D eigenvalue weighted by Crippen LogP contribution is 2.30. The van der Waals surface area contributed by atoms with E-state index in [1.54, 1.807) is 56.7 Å². The number of hydrogen-bond acceptors (Lipinski definition) is 8. The smallest absolute Gasteiger partial charge is 0.277 e. The molecule has 0 amide bonds. The molecular weight excluding hydrogens is 380 g/mol. The van der Waals surface area contributed by atoms with E-state index in [-0.39, 0.29) is 11.5 Å². The average Bonchev–Trinajstić information content (AvgIpc) is 3.21. The number of carbonyl (C=O) groups is 1. The summed E-state index contributed by atoms with van der Waals surface area (Å²) in [4.78, 5) is 12.3. The van der Waals surface area contributed by atoms with Crippen LogP contribution in [0.1, 0.15) is 17.3 Å². The van der Waals surface area contributed by atoms with Gasteiger partial charge in [-0.05, 0) is 43.3 Å². The van der Waals surface area contributed by atoms with E-state index in [0.29, 0.717) is 40.3 Å². The Hall–Kier alpha value is -3.00. The van der Waals surface area contributed by atoms with E-state index in [2.05, 4.69) is 10.2 Å². The fourth-order valence-corrected chi connectivity index (χ4v) is 3.09. The second kappa shape index (κ2) is 9.27.